The third kappa shape index (κ3) is 3.92. The monoisotopic (exact) mass is 163 g/mol. The van der Waals surface area contributed by atoms with Crippen molar-refractivity contribution in [2.24, 2.45) is 5.90 Å². The summed E-state index contributed by atoms with van der Waals surface area (Å²) in [6, 6.07) is 0. The van der Waals surface area contributed by atoms with Gasteiger partial charge in [-0.15, -0.1) is 0 Å². The molecule has 0 fully saturated rings. The second kappa shape index (κ2) is 6.09. The molecule has 2 N–H and O–H groups in total. The van der Waals surface area contributed by atoms with E-state index in [1.54, 1.807) is 6.92 Å². The Balaban J connectivity index is 3.71. The lowest BCUT2D eigenvalue weighted by Crippen LogP contribution is -2.33. The zero-order valence-corrected chi connectivity index (χ0v) is 6.70. The molecule has 0 aromatic carbocycles. The molecule has 0 saturated carbocycles. The Morgan fingerprint density at radius 1 is 1.64 bits per heavy atom. The van der Waals surface area contributed by atoms with Crippen LogP contribution in [0.3, 0.4) is 0 Å². The van der Waals surface area contributed by atoms with Gasteiger partial charge in [0.05, 0.1) is 13.2 Å². The fraction of sp³-hybridized carbons (Fsp3) is 0.833. The van der Waals surface area contributed by atoms with Crippen LogP contribution in [0.4, 0.5) is 0 Å². The van der Waals surface area contributed by atoms with E-state index in [4.69, 9.17) is 5.90 Å². The summed E-state index contributed by atoms with van der Waals surface area (Å²) in [5.74, 6) is 4.31. The Morgan fingerprint density at radius 3 is 2.64 bits per heavy atom. The molecule has 0 heterocycles. The maximum atomic E-state index is 10.9. The smallest absolute Gasteiger partial charge is 0.339 e. The van der Waals surface area contributed by atoms with Gasteiger partial charge in [-0.05, 0) is 6.92 Å². The third-order valence-electron chi connectivity index (χ3n) is 1.03. The molecule has 0 unspecified atom stereocenters. The first-order valence-corrected chi connectivity index (χ1v) is 3.27. The molecule has 0 spiro atoms. The Bertz CT molecular complexity index is 117. The van der Waals surface area contributed by atoms with Gasteiger partial charge in [0, 0.05) is 7.11 Å². The predicted octanol–water partition coefficient (Wildman–Crippen LogP) is -0.545. The molecule has 0 rings (SSSR count). The van der Waals surface area contributed by atoms with E-state index in [0.717, 1.165) is 0 Å². The number of ether oxygens (including phenoxy) is 2. The maximum absolute atomic E-state index is 10.9. The van der Waals surface area contributed by atoms with Crippen molar-refractivity contribution in [3.8, 4) is 0 Å². The van der Waals surface area contributed by atoms with Gasteiger partial charge >= 0.3 is 5.97 Å². The lowest BCUT2D eigenvalue weighted by atomic mass is 10.4. The molecule has 11 heavy (non-hydrogen) atoms. The average molecular weight is 163 g/mol. The Hall–Kier alpha value is -0.650. The van der Waals surface area contributed by atoms with E-state index in [2.05, 4.69) is 14.3 Å². The van der Waals surface area contributed by atoms with Crippen LogP contribution >= 0.6 is 0 Å². The summed E-state index contributed by atoms with van der Waals surface area (Å²) >= 11 is 0. The van der Waals surface area contributed by atoms with E-state index in [0.29, 0.717) is 6.61 Å². The second-order valence-electron chi connectivity index (χ2n) is 1.83. The number of carbonyl (C=O) groups is 1. The largest absolute Gasteiger partial charge is 0.464 e. The van der Waals surface area contributed by atoms with Gasteiger partial charge in [0.15, 0.2) is 6.10 Å². The van der Waals surface area contributed by atoms with Crippen molar-refractivity contribution in [3.05, 3.63) is 0 Å². The molecule has 0 aliphatic carbocycles. The lowest BCUT2D eigenvalue weighted by Gasteiger charge is -2.10. The molecule has 0 aliphatic heterocycles. The second-order valence-corrected chi connectivity index (χ2v) is 1.83. The van der Waals surface area contributed by atoms with Crippen molar-refractivity contribution in [3.63, 3.8) is 0 Å². The van der Waals surface area contributed by atoms with Crippen molar-refractivity contribution in [2.45, 2.75) is 13.0 Å². The molecule has 5 heteroatoms. The number of methoxy groups -OCH3 is 1. The fourth-order valence-electron chi connectivity index (χ4n) is 0.549. The number of nitrogens with two attached hydrogens (primary N) is 1. The highest BCUT2D eigenvalue weighted by Gasteiger charge is 2.18. The number of rotatable bonds is 5. The van der Waals surface area contributed by atoms with Gasteiger partial charge < -0.3 is 9.47 Å². The Kier molecular flexibility index (Phi) is 5.73. The molecule has 0 aromatic rings. The van der Waals surface area contributed by atoms with Crippen LogP contribution < -0.4 is 5.90 Å². The fourth-order valence-corrected chi connectivity index (χ4v) is 0.549. The topological polar surface area (TPSA) is 70.8 Å². The summed E-state index contributed by atoms with van der Waals surface area (Å²) < 4.78 is 9.28. The third-order valence-corrected chi connectivity index (χ3v) is 1.03. The van der Waals surface area contributed by atoms with Crippen molar-refractivity contribution < 1.29 is 19.1 Å². The Labute approximate surface area is 65.4 Å². The van der Waals surface area contributed by atoms with E-state index in [9.17, 15) is 4.79 Å². The summed E-state index contributed by atoms with van der Waals surface area (Å²) in [4.78, 5) is 15.2. The zero-order valence-electron chi connectivity index (χ0n) is 6.70. The molecule has 0 aromatic heterocycles. The molecule has 0 saturated heterocycles. The predicted molar refractivity (Wildman–Crippen MR) is 37.6 cm³/mol. The van der Waals surface area contributed by atoms with E-state index in [1.807, 2.05) is 0 Å². The van der Waals surface area contributed by atoms with E-state index < -0.39 is 12.1 Å². The summed E-state index contributed by atoms with van der Waals surface area (Å²) in [7, 11) is 1.45. The van der Waals surface area contributed by atoms with E-state index >= 15 is 0 Å². The molecule has 0 aliphatic rings. The van der Waals surface area contributed by atoms with Crippen molar-refractivity contribution >= 4 is 5.97 Å². The molecular weight excluding hydrogens is 150 g/mol. The minimum Gasteiger partial charge on any atom is -0.464 e. The van der Waals surface area contributed by atoms with Crippen LogP contribution in [0, 0.1) is 0 Å². The van der Waals surface area contributed by atoms with Gasteiger partial charge in [0.25, 0.3) is 0 Å². The van der Waals surface area contributed by atoms with Gasteiger partial charge in [0.1, 0.15) is 0 Å². The molecule has 0 amide bonds. The van der Waals surface area contributed by atoms with Crippen molar-refractivity contribution in [1.29, 1.82) is 0 Å². The summed E-state index contributed by atoms with van der Waals surface area (Å²) in [6.07, 6.45) is -0.819. The van der Waals surface area contributed by atoms with Crippen LogP contribution in [0.1, 0.15) is 6.92 Å². The quantitative estimate of drug-likeness (QED) is 0.435. The van der Waals surface area contributed by atoms with Crippen LogP contribution in [0.5, 0.6) is 0 Å². The van der Waals surface area contributed by atoms with Gasteiger partial charge in [-0.1, -0.05) is 0 Å². The molecule has 1 atom stereocenters. The minimum atomic E-state index is -0.819. The van der Waals surface area contributed by atoms with Crippen LogP contribution in [-0.2, 0) is 19.1 Å². The van der Waals surface area contributed by atoms with E-state index in [-0.39, 0.29) is 6.61 Å². The number of hydrogen-bond donors (Lipinski definition) is 1. The van der Waals surface area contributed by atoms with Crippen molar-refractivity contribution in [2.75, 3.05) is 20.3 Å². The van der Waals surface area contributed by atoms with Crippen LogP contribution in [0.25, 0.3) is 0 Å². The highest BCUT2D eigenvalue weighted by atomic mass is 16.7. The number of carbonyl (C=O) groups excluding carboxylic acids is 1. The normalized spacial score (nSPS) is 12.6. The van der Waals surface area contributed by atoms with Crippen LogP contribution in [0.15, 0.2) is 0 Å². The first-order chi connectivity index (χ1) is 5.26. The van der Waals surface area contributed by atoms with E-state index in [1.165, 1.54) is 7.11 Å². The zero-order chi connectivity index (χ0) is 8.69. The standard InChI is InChI=1S/C6H13NO4/c1-3-10-6(8)5(11-7)4-9-2/h5H,3-4,7H2,1-2H3/t5-/m0/s1. The average Bonchev–Trinajstić information content (AvgIpc) is 2.00. The highest BCUT2D eigenvalue weighted by molar-refractivity contribution is 5.74. The number of esters is 1. The van der Waals surface area contributed by atoms with Crippen LogP contribution in [0.2, 0.25) is 0 Å². The van der Waals surface area contributed by atoms with Gasteiger partial charge in [0.2, 0.25) is 0 Å². The molecule has 66 valence electrons. The molecular formula is C6H13NO4. The minimum absolute atomic E-state index is 0.106. The van der Waals surface area contributed by atoms with Gasteiger partial charge in [-0.2, -0.15) is 0 Å². The van der Waals surface area contributed by atoms with Crippen molar-refractivity contribution in [1.82, 2.24) is 0 Å². The summed E-state index contributed by atoms with van der Waals surface area (Å²) in [5, 5.41) is 0. The van der Waals surface area contributed by atoms with Gasteiger partial charge in [-0.3, -0.25) is 4.84 Å². The molecule has 0 radical (unpaired) electrons. The summed E-state index contributed by atoms with van der Waals surface area (Å²) in [5.41, 5.74) is 0. The van der Waals surface area contributed by atoms with Crippen LogP contribution in [-0.4, -0.2) is 32.4 Å². The first-order valence-electron chi connectivity index (χ1n) is 3.27. The number of hydrogen-bond acceptors (Lipinski definition) is 5. The van der Waals surface area contributed by atoms with Gasteiger partial charge in [-0.25, -0.2) is 10.7 Å². The lowest BCUT2D eigenvalue weighted by molar-refractivity contribution is -0.160. The summed E-state index contributed by atoms with van der Waals surface area (Å²) in [6.45, 7) is 2.12. The SMILES string of the molecule is CCOC(=O)[C@H](COC)ON. The highest BCUT2D eigenvalue weighted by Crippen LogP contribution is 1.92. The molecule has 0 bridgehead atoms. The first kappa shape index (κ1) is 10.3. The molecule has 5 nitrogen and oxygen atoms in total. The maximum Gasteiger partial charge on any atom is 0.339 e. The Morgan fingerprint density at radius 2 is 2.27 bits per heavy atom.